The highest BCUT2D eigenvalue weighted by atomic mass is 35.5. The number of benzene rings is 1. The average Bonchev–Trinajstić information content (AvgIpc) is 2.73. The number of thiazole rings is 1. The first-order chi connectivity index (χ1) is 7.25. The fourth-order valence-corrected chi connectivity index (χ4v) is 1.84. The number of aromatic nitrogens is 1. The lowest BCUT2D eigenvalue weighted by Crippen LogP contribution is -1.97. The van der Waals surface area contributed by atoms with Gasteiger partial charge in [-0.1, -0.05) is 11.6 Å². The fourth-order valence-electron chi connectivity index (χ4n) is 1.12. The maximum atomic E-state index is 12.8. The molecule has 0 saturated carbocycles. The number of rotatable bonds is 3. The lowest BCUT2D eigenvalue weighted by atomic mass is 10.3. The third-order valence-electron chi connectivity index (χ3n) is 1.87. The highest BCUT2D eigenvalue weighted by Gasteiger charge is 2.00. The van der Waals surface area contributed by atoms with Crippen LogP contribution in [0.25, 0.3) is 0 Å². The van der Waals surface area contributed by atoms with Crippen molar-refractivity contribution in [3.63, 3.8) is 0 Å². The van der Waals surface area contributed by atoms with Crippen molar-refractivity contribution in [2.24, 2.45) is 0 Å². The van der Waals surface area contributed by atoms with E-state index in [1.165, 1.54) is 6.07 Å². The molecular formula is C10H8ClFN2S. The van der Waals surface area contributed by atoms with Gasteiger partial charge in [-0.25, -0.2) is 4.39 Å². The minimum absolute atomic E-state index is 0.129. The lowest BCUT2D eigenvalue weighted by Gasteiger charge is -2.04. The van der Waals surface area contributed by atoms with Crippen LogP contribution in [0, 0.1) is 5.82 Å². The van der Waals surface area contributed by atoms with Gasteiger partial charge in [-0.3, -0.25) is 4.98 Å². The molecule has 0 saturated heterocycles. The summed E-state index contributed by atoms with van der Waals surface area (Å²) in [5.41, 5.74) is 2.57. The second-order valence-corrected chi connectivity index (χ2v) is 4.33. The van der Waals surface area contributed by atoms with Gasteiger partial charge in [0, 0.05) is 16.8 Å². The molecule has 0 unspecified atom stereocenters. The molecule has 5 heteroatoms. The van der Waals surface area contributed by atoms with Gasteiger partial charge in [0.15, 0.2) is 0 Å². The van der Waals surface area contributed by atoms with E-state index in [0.717, 1.165) is 10.6 Å². The summed E-state index contributed by atoms with van der Waals surface area (Å²) in [6.45, 7) is 0.673. The van der Waals surface area contributed by atoms with Crippen molar-refractivity contribution in [3.8, 4) is 0 Å². The van der Waals surface area contributed by atoms with Crippen LogP contribution in [0.2, 0.25) is 5.02 Å². The van der Waals surface area contributed by atoms with Gasteiger partial charge in [0.2, 0.25) is 0 Å². The number of hydrogen-bond donors (Lipinski definition) is 1. The van der Waals surface area contributed by atoms with E-state index in [4.69, 9.17) is 11.6 Å². The Morgan fingerprint density at radius 2 is 2.33 bits per heavy atom. The first-order valence-electron chi connectivity index (χ1n) is 4.32. The predicted octanol–water partition coefficient (Wildman–Crippen LogP) is 3.55. The summed E-state index contributed by atoms with van der Waals surface area (Å²) in [4.78, 5) is 5.08. The largest absolute Gasteiger partial charge is 0.380 e. The third kappa shape index (κ3) is 2.67. The van der Waals surface area contributed by atoms with Crippen molar-refractivity contribution in [1.82, 2.24) is 4.98 Å². The first kappa shape index (κ1) is 10.4. The van der Waals surface area contributed by atoms with Gasteiger partial charge in [-0.05, 0) is 18.2 Å². The molecule has 0 aliphatic rings. The van der Waals surface area contributed by atoms with Crippen LogP contribution in [0.3, 0.4) is 0 Å². The summed E-state index contributed by atoms with van der Waals surface area (Å²) in [6.07, 6.45) is 1.79. The van der Waals surface area contributed by atoms with Crippen LogP contribution in [-0.2, 0) is 6.54 Å². The number of halogens is 2. The molecule has 78 valence electrons. The van der Waals surface area contributed by atoms with Crippen molar-refractivity contribution in [3.05, 3.63) is 45.6 Å². The third-order valence-corrected chi connectivity index (χ3v) is 2.94. The zero-order valence-electron chi connectivity index (χ0n) is 7.71. The lowest BCUT2D eigenvalue weighted by molar-refractivity contribution is 0.628. The van der Waals surface area contributed by atoms with E-state index in [2.05, 4.69) is 10.3 Å². The SMILES string of the molecule is Fc1ccc(NCc2cncs2)cc1Cl. The van der Waals surface area contributed by atoms with E-state index < -0.39 is 5.82 Å². The quantitative estimate of drug-likeness (QED) is 0.891. The minimum atomic E-state index is -0.403. The van der Waals surface area contributed by atoms with Crippen molar-refractivity contribution < 1.29 is 4.39 Å². The Bertz CT molecular complexity index is 445. The van der Waals surface area contributed by atoms with Crippen LogP contribution in [-0.4, -0.2) is 4.98 Å². The summed E-state index contributed by atoms with van der Waals surface area (Å²) < 4.78 is 12.8. The first-order valence-corrected chi connectivity index (χ1v) is 5.58. The fraction of sp³-hybridized carbons (Fsp3) is 0.100. The van der Waals surface area contributed by atoms with Crippen molar-refractivity contribution in [2.45, 2.75) is 6.54 Å². The molecule has 1 heterocycles. The maximum absolute atomic E-state index is 12.8. The summed E-state index contributed by atoms with van der Waals surface area (Å²) >= 11 is 7.22. The van der Waals surface area contributed by atoms with E-state index in [0.29, 0.717) is 6.54 Å². The second kappa shape index (κ2) is 4.59. The number of nitrogens with one attached hydrogen (secondary N) is 1. The summed E-state index contributed by atoms with van der Waals surface area (Å²) in [5, 5.41) is 3.26. The Morgan fingerprint density at radius 3 is 3.00 bits per heavy atom. The molecule has 0 amide bonds. The highest BCUT2D eigenvalue weighted by molar-refractivity contribution is 7.09. The number of hydrogen-bond acceptors (Lipinski definition) is 3. The molecule has 1 aromatic heterocycles. The Morgan fingerprint density at radius 1 is 1.47 bits per heavy atom. The highest BCUT2D eigenvalue weighted by Crippen LogP contribution is 2.20. The zero-order chi connectivity index (χ0) is 10.7. The summed E-state index contributed by atoms with van der Waals surface area (Å²) in [6, 6.07) is 4.57. The molecule has 2 aromatic rings. The van der Waals surface area contributed by atoms with Crippen molar-refractivity contribution in [1.29, 1.82) is 0 Å². The topological polar surface area (TPSA) is 24.9 Å². The Kier molecular flexibility index (Phi) is 3.18. The van der Waals surface area contributed by atoms with Gasteiger partial charge in [0.25, 0.3) is 0 Å². The summed E-state index contributed by atoms with van der Waals surface area (Å²) in [5.74, 6) is -0.403. The monoisotopic (exact) mass is 242 g/mol. The van der Waals surface area contributed by atoms with Gasteiger partial charge >= 0.3 is 0 Å². The predicted molar refractivity (Wildman–Crippen MR) is 60.9 cm³/mol. The van der Waals surface area contributed by atoms with Crippen LogP contribution in [0.15, 0.2) is 29.9 Å². The maximum Gasteiger partial charge on any atom is 0.141 e. The number of nitrogens with zero attached hydrogens (tertiary/aromatic N) is 1. The van der Waals surface area contributed by atoms with Gasteiger partial charge in [-0.2, -0.15) is 0 Å². The molecule has 0 radical (unpaired) electrons. The van der Waals surface area contributed by atoms with Crippen molar-refractivity contribution >= 4 is 28.6 Å². The van der Waals surface area contributed by atoms with Crippen LogP contribution in [0.1, 0.15) is 4.88 Å². The molecular weight excluding hydrogens is 235 g/mol. The number of anilines is 1. The standard InChI is InChI=1S/C10H8ClFN2S/c11-9-3-7(1-2-10(9)12)14-5-8-4-13-6-15-8/h1-4,6,14H,5H2. The Labute approximate surface area is 95.7 Å². The smallest absolute Gasteiger partial charge is 0.141 e. The van der Waals surface area contributed by atoms with Crippen LogP contribution in [0.4, 0.5) is 10.1 Å². The van der Waals surface area contributed by atoms with Crippen molar-refractivity contribution in [2.75, 3.05) is 5.32 Å². The molecule has 1 aromatic carbocycles. The van der Waals surface area contributed by atoms with E-state index in [-0.39, 0.29) is 5.02 Å². The Hall–Kier alpha value is -1.13. The zero-order valence-corrected chi connectivity index (χ0v) is 9.28. The van der Waals surface area contributed by atoms with Gasteiger partial charge in [-0.15, -0.1) is 11.3 Å². The molecule has 0 atom stereocenters. The molecule has 0 fully saturated rings. The molecule has 0 aliphatic heterocycles. The molecule has 1 N–H and O–H groups in total. The van der Waals surface area contributed by atoms with Gasteiger partial charge in [0.05, 0.1) is 17.1 Å². The van der Waals surface area contributed by atoms with Crippen LogP contribution in [0.5, 0.6) is 0 Å². The van der Waals surface area contributed by atoms with E-state index in [9.17, 15) is 4.39 Å². The average molecular weight is 243 g/mol. The normalized spacial score (nSPS) is 10.3. The molecule has 0 aliphatic carbocycles. The van der Waals surface area contributed by atoms with E-state index in [1.807, 2.05) is 0 Å². The van der Waals surface area contributed by atoms with Gasteiger partial charge < -0.3 is 5.32 Å². The van der Waals surface area contributed by atoms with Gasteiger partial charge in [0.1, 0.15) is 5.82 Å². The molecule has 0 spiro atoms. The Balaban J connectivity index is 2.02. The molecule has 2 rings (SSSR count). The van der Waals surface area contributed by atoms with E-state index >= 15 is 0 Å². The van der Waals surface area contributed by atoms with E-state index in [1.54, 1.807) is 35.2 Å². The van der Waals surface area contributed by atoms with Crippen LogP contribution < -0.4 is 5.32 Å². The molecule has 15 heavy (non-hydrogen) atoms. The molecule has 0 bridgehead atoms. The summed E-state index contributed by atoms with van der Waals surface area (Å²) in [7, 11) is 0. The minimum Gasteiger partial charge on any atom is -0.380 e. The van der Waals surface area contributed by atoms with Crippen LogP contribution >= 0.6 is 22.9 Å². The molecule has 2 nitrogen and oxygen atoms in total. The second-order valence-electron chi connectivity index (χ2n) is 2.95.